The highest BCUT2D eigenvalue weighted by molar-refractivity contribution is 6.35. The number of phenolic OH excluding ortho intramolecular Hbond substituents is 1. The summed E-state index contributed by atoms with van der Waals surface area (Å²) in [4.78, 5) is 4.07. The fourth-order valence-electron chi connectivity index (χ4n) is 1.43. The van der Waals surface area contributed by atoms with Gasteiger partial charge in [-0.15, -0.1) is 0 Å². The van der Waals surface area contributed by atoms with Crippen molar-refractivity contribution in [3.63, 3.8) is 0 Å². The molecule has 6 heteroatoms. The molecule has 1 aromatic heterocycles. The minimum Gasteiger partial charge on any atom is -0.506 e. The number of halogens is 2. The predicted octanol–water partition coefficient (Wildman–Crippen LogP) is 3.29. The maximum atomic E-state index is 9.48. The number of anilines is 2. The second-order valence-corrected chi connectivity index (χ2v) is 4.57. The summed E-state index contributed by atoms with van der Waals surface area (Å²) in [7, 11) is 0. The Hall–Kier alpha value is -1.65. The van der Waals surface area contributed by atoms with Crippen LogP contribution in [0.4, 0.5) is 11.5 Å². The Labute approximate surface area is 114 Å². The molecule has 94 valence electrons. The molecule has 0 unspecified atom stereocenters. The van der Waals surface area contributed by atoms with Gasteiger partial charge in [-0.25, -0.2) is 4.98 Å². The van der Waals surface area contributed by atoms with E-state index in [1.54, 1.807) is 18.2 Å². The zero-order valence-electron chi connectivity index (χ0n) is 9.32. The summed E-state index contributed by atoms with van der Waals surface area (Å²) in [6.45, 7) is 0.474. The normalized spacial score (nSPS) is 10.3. The largest absolute Gasteiger partial charge is 0.506 e. The minimum atomic E-state index is 0.0597. The molecule has 4 N–H and O–H groups in total. The molecule has 0 aliphatic rings. The van der Waals surface area contributed by atoms with Crippen molar-refractivity contribution in [3.05, 3.63) is 46.1 Å². The zero-order valence-corrected chi connectivity index (χ0v) is 10.8. The van der Waals surface area contributed by atoms with Gasteiger partial charge in [0.25, 0.3) is 0 Å². The van der Waals surface area contributed by atoms with Crippen molar-refractivity contribution in [3.8, 4) is 5.75 Å². The van der Waals surface area contributed by atoms with E-state index in [4.69, 9.17) is 28.9 Å². The van der Waals surface area contributed by atoms with Crippen molar-refractivity contribution in [2.45, 2.75) is 6.54 Å². The Kier molecular flexibility index (Phi) is 3.79. The molecular formula is C12H11Cl2N3O. The number of nitrogen functional groups attached to an aromatic ring is 1. The van der Waals surface area contributed by atoms with Crippen molar-refractivity contribution in [2.24, 2.45) is 0 Å². The molecule has 2 rings (SSSR count). The van der Waals surface area contributed by atoms with Crippen LogP contribution in [0.25, 0.3) is 0 Å². The molecule has 1 heterocycles. The number of hydrogen-bond acceptors (Lipinski definition) is 4. The van der Waals surface area contributed by atoms with E-state index in [2.05, 4.69) is 10.3 Å². The molecule has 0 aliphatic heterocycles. The highest BCUT2D eigenvalue weighted by Crippen LogP contribution is 2.24. The Morgan fingerprint density at radius 1 is 1.28 bits per heavy atom. The van der Waals surface area contributed by atoms with Crippen LogP contribution in [0.5, 0.6) is 5.75 Å². The summed E-state index contributed by atoms with van der Waals surface area (Å²) in [5.41, 5.74) is 6.74. The number of pyridine rings is 1. The van der Waals surface area contributed by atoms with E-state index in [1.807, 2.05) is 6.07 Å². The van der Waals surface area contributed by atoms with Gasteiger partial charge in [-0.1, -0.05) is 29.3 Å². The monoisotopic (exact) mass is 283 g/mol. The highest BCUT2D eigenvalue weighted by atomic mass is 35.5. The van der Waals surface area contributed by atoms with E-state index in [1.165, 1.54) is 6.20 Å². The molecule has 0 bridgehead atoms. The Morgan fingerprint density at radius 2 is 2.06 bits per heavy atom. The van der Waals surface area contributed by atoms with E-state index in [0.717, 1.165) is 5.56 Å². The number of phenols is 1. The van der Waals surface area contributed by atoms with Crippen molar-refractivity contribution in [1.29, 1.82) is 0 Å². The van der Waals surface area contributed by atoms with E-state index in [9.17, 15) is 5.11 Å². The minimum absolute atomic E-state index is 0.0597. The molecule has 0 saturated carbocycles. The van der Waals surface area contributed by atoms with E-state index >= 15 is 0 Å². The highest BCUT2D eigenvalue weighted by Gasteiger charge is 2.04. The third-order valence-corrected chi connectivity index (χ3v) is 2.86. The molecule has 4 nitrogen and oxygen atoms in total. The first kappa shape index (κ1) is 12.8. The summed E-state index contributed by atoms with van der Waals surface area (Å²) in [5.74, 6) is 0.599. The third kappa shape index (κ3) is 2.97. The summed E-state index contributed by atoms with van der Waals surface area (Å²) in [5, 5.41) is 13.5. The lowest BCUT2D eigenvalue weighted by atomic mass is 10.2. The molecule has 1 aromatic carbocycles. The molecule has 0 atom stereocenters. The Balaban J connectivity index is 2.09. The van der Waals surface area contributed by atoms with Gasteiger partial charge in [0.05, 0.1) is 15.7 Å². The lowest BCUT2D eigenvalue weighted by Gasteiger charge is -2.08. The summed E-state index contributed by atoms with van der Waals surface area (Å²) < 4.78 is 0. The van der Waals surface area contributed by atoms with E-state index < -0.39 is 0 Å². The second-order valence-electron chi connectivity index (χ2n) is 3.73. The van der Waals surface area contributed by atoms with Crippen LogP contribution in [-0.2, 0) is 6.54 Å². The number of aromatic hydroxyl groups is 1. The van der Waals surface area contributed by atoms with Gasteiger partial charge < -0.3 is 16.2 Å². The lowest BCUT2D eigenvalue weighted by Crippen LogP contribution is -2.02. The van der Waals surface area contributed by atoms with Crippen molar-refractivity contribution in [1.82, 2.24) is 4.98 Å². The lowest BCUT2D eigenvalue weighted by molar-refractivity contribution is 0.477. The summed E-state index contributed by atoms with van der Waals surface area (Å²) >= 11 is 11.7. The number of nitrogens with zero attached hydrogens (tertiary/aromatic N) is 1. The number of aromatic nitrogens is 1. The molecule has 0 aliphatic carbocycles. The van der Waals surface area contributed by atoms with Crippen molar-refractivity contribution in [2.75, 3.05) is 11.1 Å². The SMILES string of the molecule is Nc1ccc(CNc2ncc(Cl)cc2Cl)cc1O. The van der Waals surface area contributed by atoms with Crippen LogP contribution in [0, 0.1) is 0 Å². The smallest absolute Gasteiger partial charge is 0.145 e. The quantitative estimate of drug-likeness (QED) is 0.597. The Morgan fingerprint density at radius 3 is 2.72 bits per heavy atom. The van der Waals surface area contributed by atoms with Gasteiger partial charge >= 0.3 is 0 Å². The van der Waals surface area contributed by atoms with Gasteiger partial charge in [-0.05, 0) is 23.8 Å². The van der Waals surface area contributed by atoms with Crippen LogP contribution in [0.2, 0.25) is 10.0 Å². The third-order valence-electron chi connectivity index (χ3n) is 2.36. The number of hydrogen-bond donors (Lipinski definition) is 3. The molecule has 2 aromatic rings. The Bertz CT molecular complexity index is 575. The van der Waals surface area contributed by atoms with Gasteiger partial charge in [-0.2, -0.15) is 0 Å². The number of nitrogens with one attached hydrogen (secondary N) is 1. The topological polar surface area (TPSA) is 71.2 Å². The zero-order chi connectivity index (χ0) is 13.1. The fourth-order valence-corrected chi connectivity index (χ4v) is 1.88. The van der Waals surface area contributed by atoms with Gasteiger partial charge in [0.15, 0.2) is 0 Å². The molecule has 18 heavy (non-hydrogen) atoms. The number of rotatable bonds is 3. The van der Waals surface area contributed by atoms with Gasteiger partial charge in [0, 0.05) is 12.7 Å². The average molecular weight is 284 g/mol. The van der Waals surface area contributed by atoms with Crippen LogP contribution in [-0.4, -0.2) is 10.1 Å². The van der Waals surface area contributed by atoms with Crippen molar-refractivity contribution >= 4 is 34.7 Å². The molecule has 0 saturated heterocycles. The van der Waals surface area contributed by atoms with Gasteiger partial charge in [0.1, 0.15) is 11.6 Å². The van der Waals surface area contributed by atoms with Crippen LogP contribution in [0.3, 0.4) is 0 Å². The fraction of sp³-hybridized carbons (Fsp3) is 0.0833. The maximum absolute atomic E-state index is 9.48. The van der Waals surface area contributed by atoms with Crippen LogP contribution >= 0.6 is 23.2 Å². The predicted molar refractivity (Wildman–Crippen MR) is 74.1 cm³/mol. The van der Waals surface area contributed by atoms with Gasteiger partial charge in [0.2, 0.25) is 0 Å². The summed E-state index contributed by atoms with van der Waals surface area (Å²) in [6.07, 6.45) is 1.51. The molecule has 0 fully saturated rings. The van der Waals surface area contributed by atoms with E-state index in [0.29, 0.717) is 28.1 Å². The number of benzene rings is 1. The molecule has 0 radical (unpaired) electrons. The van der Waals surface area contributed by atoms with Gasteiger partial charge in [-0.3, -0.25) is 0 Å². The standard InChI is InChI=1S/C12H11Cl2N3O/c13-8-4-9(14)12(17-6-8)16-5-7-1-2-10(15)11(18)3-7/h1-4,6,18H,5,15H2,(H,16,17). The van der Waals surface area contributed by atoms with Crippen LogP contribution in [0.1, 0.15) is 5.56 Å². The van der Waals surface area contributed by atoms with Crippen LogP contribution < -0.4 is 11.1 Å². The van der Waals surface area contributed by atoms with Crippen LogP contribution in [0.15, 0.2) is 30.5 Å². The summed E-state index contributed by atoms with van der Waals surface area (Å²) in [6, 6.07) is 6.65. The second kappa shape index (κ2) is 5.33. The molecule has 0 spiro atoms. The first-order chi connectivity index (χ1) is 8.56. The maximum Gasteiger partial charge on any atom is 0.145 e. The molecule has 0 amide bonds. The average Bonchev–Trinajstić information content (AvgIpc) is 2.32. The first-order valence-corrected chi connectivity index (χ1v) is 5.94. The van der Waals surface area contributed by atoms with Crippen molar-refractivity contribution < 1.29 is 5.11 Å². The van der Waals surface area contributed by atoms with E-state index in [-0.39, 0.29) is 5.75 Å². The number of nitrogens with two attached hydrogens (primary N) is 1. The first-order valence-electron chi connectivity index (χ1n) is 5.18. The molecular weight excluding hydrogens is 273 g/mol.